The minimum atomic E-state index is -0.644. The van der Waals surface area contributed by atoms with Gasteiger partial charge in [-0.3, -0.25) is 4.57 Å². The second-order valence-corrected chi connectivity index (χ2v) is 8.14. The molecule has 3 aromatic heterocycles. The third kappa shape index (κ3) is 3.19. The minimum absolute atomic E-state index is 0.212. The van der Waals surface area contributed by atoms with Crippen LogP contribution in [0.4, 0.5) is 0 Å². The molecule has 164 valence electrons. The highest BCUT2D eigenvalue weighted by molar-refractivity contribution is 6.33. The van der Waals surface area contributed by atoms with Crippen LogP contribution in [0.3, 0.4) is 0 Å². The van der Waals surface area contributed by atoms with Crippen LogP contribution in [-0.2, 0) is 9.47 Å². The predicted molar refractivity (Wildman–Crippen MR) is 114 cm³/mol. The van der Waals surface area contributed by atoms with Crippen LogP contribution in [0.1, 0.15) is 0 Å². The highest BCUT2D eigenvalue weighted by Crippen LogP contribution is 2.32. The van der Waals surface area contributed by atoms with Crippen molar-refractivity contribution in [3.05, 3.63) is 58.2 Å². The molecule has 2 fully saturated rings. The molecule has 0 spiro atoms. The van der Waals surface area contributed by atoms with Gasteiger partial charge in [-0.05, 0) is 18.2 Å². The number of halogens is 1. The van der Waals surface area contributed by atoms with Gasteiger partial charge in [0, 0.05) is 18.0 Å². The molecule has 6 rings (SSSR count). The lowest BCUT2D eigenvalue weighted by atomic mass is 10.1. The van der Waals surface area contributed by atoms with Gasteiger partial charge in [0.2, 0.25) is 0 Å². The van der Waals surface area contributed by atoms with Crippen molar-refractivity contribution in [3.8, 4) is 23.0 Å². The second kappa shape index (κ2) is 7.45. The lowest BCUT2D eigenvalue weighted by Gasteiger charge is -2.15. The molecule has 2 saturated heterocycles. The summed E-state index contributed by atoms with van der Waals surface area (Å²) in [5.74, 6) is 0. The number of H-pyrrole nitrogens is 2. The van der Waals surface area contributed by atoms with Crippen molar-refractivity contribution in [2.75, 3.05) is 13.2 Å². The number of hydrogen-bond acceptors (Lipinski definition) is 7. The number of nitrogens with one attached hydrogen (secondary N) is 2. The van der Waals surface area contributed by atoms with Crippen molar-refractivity contribution in [2.24, 2.45) is 0 Å². The fraction of sp³-hybridized carbons (Fsp3) is 0.286. The number of hydrogen-bond donors (Lipinski definition) is 3. The van der Waals surface area contributed by atoms with E-state index in [0.717, 1.165) is 11.3 Å². The molecule has 5 heterocycles. The molecule has 3 N–H and O–H groups in total. The van der Waals surface area contributed by atoms with Crippen LogP contribution in [0, 0.1) is 0 Å². The second-order valence-electron chi connectivity index (χ2n) is 7.73. The Morgan fingerprint density at radius 3 is 2.75 bits per heavy atom. The lowest BCUT2D eigenvalue weighted by Crippen LogP contribution is -2.34. The quantitative estimate of drug-likeness (QED) is 0.427. The summed E-state index contributed by atoms with van der Waals surface area (Å²) in [6.07, 6.45) is 1.50. The van der Waals surface area contributed by atoms with E-state index in [1.54, 1.807) is 18.5 Å². The molecule has 10 nitrogen and oxygen atoms in total. The average molecular weight is 456 g/mol. The van der Waals surface area contributed by atoms with E-state index in [0.29, 0.717) is 28.5 Å². The standard InChI is InChI=1S/C21H18ClN5O5/c22-12-7-13-19(26-20(24-13)32-15-9-31-17-14(28)8-30-18(15)17)25-16(12)10-1-3-11(4-2-10)27-6-5-23-21(27)29/h1-7,14-15,17-18,28H,8-9H2,(H,23,29)(H,24,25,26)/t14-,15-,17-,18-/m1/s1. The number of aromatic nitrogens is 5. The molecule has 2 aliphatic rings. The number of aliphatic hydroxyl groups is 1. The van der Waals surface area contributed by atoms with Crippen LogP contribution < -0.4 is 10.4 Å². The number of rotatable bonds is 4. The Hall–Kier alpha value is -3.18. The Labute approximate surface area is 185 Å². The van der Waals surface area contributed by atoms with Gasteiger partial charge in [0.15, 0.2) is 11.8 Å². The van der Waals surface area contributed by atoms with Crippen LogP contribution in [0.2, 0.25) is 5.02 Å². The van der Waals surface area contributed by atoms with E-state index < -0.39 is 6.10 Å². The predicted octanol–water partition coefficient (Wildman–Crippen LogP) is 1.66. The van der Waals surface area contributed by atoms with E-state index >= 15 is 0 Å². The molecular formula is C21H18ClN5O5. The Morgan fingerprint density at radius 1 is 1.16 bits per heavy atom. The van der Waals surface area contributed by atoms with E-state index in [9.17, 15) is 9.90 Å². The number of ether oxygens (including phenoxy) is 3. The summed E-state index contributed by atoms with van der Waals surface area (Å²) in [5, 5.41) is 10.3. The maximum atomic E-state index is 11.8. The molecule has 0 aliphatic carbocycles. The van der Waals surface area contributed by atoms with Gasteiger partial charge in [-0.25, -0.2) is 9.78 Å². The first-order valence-electron chi connectivity index (χ1n) is 10.1. The normalized spacial score (nSPS) is 24.8. The topological polar surface area (TPSA) is 127 Å². The fourth-order valence-corrected chi connectivity index (χ4v) is 4.41. The van der Waals surface area contributed by atoms with Crippen molar-refractivity contribution >= 4 is 22.8 Å². The summed E-state index contributed by atoms with van der Waals surface area (Å²) >= 11 is 6.49. The first kappa shape index (κ1) is 19.5. The number of imidazole rings is 2. The fourth-order valence-electron chi connectivity index (χ4n) is 4.15. The maximum absolute atomic E-state index is 11.8. The third-order valence-corrected chi connectivity index (χ3v) is 6.01. The van der Waals surface area contributed by atoms with Crippen molar-refractivity contribution in [1.82, 2.24) is 24.5 Å². The van der Waals surface area contributed by atoms with Crippen LogP contribution in [-0.4, -0.2) is 67.2 Å². The molecule has 11 heteroatoms. The Balaban J connectivity index is 1.27. The van der Waals surface area contributed by atoms with E-state index in [4.69, 9.17) is 25.8 Å². The number of pyridine rings is 1. The van der Waals surface area contributed by atoms with E-state index in [2.05, 4.69) is 19.9 Å². The van der Waals surface area contributed by atoms with Crippen LogP contribution in [0.15, 0.2) is 47.5 Å². The zero-order valence-electron chi connectivity index (χ0n) is 16.6. The third-order valence-electron chi connectivity index (χ3n) is 5.72. The zero-order chi connectivity index (χ0) is 21.8. The smallest absolute Gasteiger partial charge is 0.330 e. The summed E-state index contributed by atoms with van der Waals surface area (Å²) in [6.45, 7) is 0.535. The van der Waals surface area contributed by atoms with Crippen molar-refractivity contribution < 1.29 is 19.3 Å². The molecule has 4 atom stereocenters. The van der Waals surface area contributed by atoms with Gasteiger partial charge in [0.05, 0.1) is 35.1 Å². The summed E-state index contributed by atoms with van der Waals surface area (Å²) in [6, 6.07) is 9.35. The average Bonchev–Trinajstić information content (AvgIpc) is 3.55. The van der Waals surface area contributed by atoms with Gasteiger partial charge in [-0.2, -0.15) is 4.98 Å². The number of nitrogens with zero attached hydrogens (tertiary/aromatic N) is 3. The molecule has 2 aliphatic heterocycles. The van der Waals surface area contributed by atoms with E-state index in [-0.39, 0.29) is 36.6 Å². The first-order chi connectivity index (χ1) is 15.6. The Bertz CT molecular complexity index is 1350. The van der Waals surface area contributed by atoms with Gasteiger partial charge >= 0.3 is 5.69 Å². The molecular weight excluding hydrogens is 438 g/mol. The molecule has 32 heavy (non-hydrogen) atoms. The Kier molecular flexibility index (Phi) is 4.54. The molecule has 0 bridgehead atoms. The summed E-state index contributed by atoms with van der Waals surface area (Å²) in [7, 11) is 0. The maximum Gasteiger partial charge on any atom is 0.330 e. The largest absolute Gasteiger partial charge is 0.456 e. The first-order valence-corrected chi connectivity index (χ1v) is 10.5. The van der Waals surface area contributed by atoms with Gasteiger partial charge in [-0.15, -0.1) is 0 Å². The van der Waals surface area contributed by atoms with Gasteiger partial charge in [-0.1, -0.05) is 23.7 Å². The monoisotopic (exact) mass is 455 g/mol. The minimum Gasteiger partial charge on any atom is -0.456 e. The lowest BCUT2D eigenvalue weighted by molar-refractivity contribution is 0.00706. The molecule has 0 radical (unpaired) electrons. The number of aliphatic hydroxyl groups excluding tert-OH is 1. The molecule has 0 unspecified atom stereocenters. The van der Waals surface area contributed by atoms with Crippen LogP contribution in [0.5, 0.6) is 6.01 Å². The Morgan fingerprint density at radius 2 is 1.97 bits per heavy atom. The molecule has 0 saturated carbocycles. The molecule has 0 amide bonds. The zero-order valence-corrected chi connectivity index (χ0v) is 17.3. The SMILES string of the molecule is O=c1[nH]ccn1-c1ccc(-c2nc3nc(O[C@@H]4CO[C@H]5[C@@H]4OC[C@H]5O)[nH]c3cc2Cl)cc1. The molecule has 4 aromatic rings. The van der Waals surface area contributed by atoms with Crippen LogP contribution in [0.25, 0.3) is 28.1 Å². The molecule has 1 aromatic carbocycles. The van der Waals surface area contributed by atoms with Crippen LogP contribution >= 0.6 is 11.6 Å². The summed E-state index contributed by atoms with van der Waals surface area (Å²) in [5.41, 5.74) is 2.95. The highest BCUT2D eigenvalue weighted by Gasteiger charge is 2.48. The highest BCUT2D eigenvalue weighted by atomic mass is 35.5. The van der Waals surface area contributed by atoms with E-state index in [1.165, 1.54) is 4.57 Å². The van der Waals surface area contributed by atoms with E-state index in [1.807, 2.05) is 24.3 Å². The van der Waals surface area contributed by atoms with Crippen molar-refractivity contribution in [1.29, 1.82) is 0 Å². The number of aromatic amines is 2. The van der Waals surface area contributed by atoms with Crippen molar-refractivity contribution in [2.45, 2.75) is 24.4 Å². The summed E-state index contributed by atoms with van der Waals surface area (Å²) < 4.78 is 18.6. The van der Waals surface area contributed by atoms with Gasteiger partial charge in [0.1, 0.15) is 18.3 Å². The number of fused-ring (bicyclic) bond motifs is 2. The number of benzene rings is 1. The summed E-state index contributed by atoms with van der Waals surface area (Å²) in [4.78, 5) is 26.5. The van der Waals surface area contributed by atoms with Crippen molar-refractivity contribution in [3.63, 3.8) is 0 Å². The van der Waals surface area contributed by atoms with Gasteiger partial charge < -0.3 is 29.3 Å². The van der Waals surface area contributed by atoms with Gasteiger partial charge in [0.25, 0.3) is 6.01 Å².